The smallest absolute Gasteiger partial charge is 0.185 e. The molecule has 0 spiro atoms. The lowest BCUT2D eigenvalue weighted by Gasteiger charge is -2.47. The summed E-state index contributed by atoms with van der Waals surface area (Å²) in [7, 11) is 2.19. The number of ketones is 1. The summed E-state index contributed by atoms with van der Waals surface area (Å²) in [6.45, 7) is 6.73. The number of likely N-dealkylation sites (tertiary alicyclic amines) is 1. The molecule has 0 radical (unpaired) electrons. The largest absolute Gasteiger partial charge is 0.349 e. The molecule has 2 aliphatic rings. The van der Waals surface area contributed by atoms with E-state index < -0.39 is 0 Å². The number of nitrogens with zero attached hydrogens (tertiary/aromatic N) is 2. The second-order valence-electron chi connectivity index (χ2n) is 5.33. The summed E-state index contributed by atoms with van der Waals surface area (Å²) in [6.07, 6.45) is 4.03. The van der Waals surface area contributed by atoms with Gasteiger partial charge in [0.15, 0.2) is 7.98 Å². The van der Waals surface area contributed by atoms with Crippen molar-refractivity contribution in [3.05, 3.63) is 0 Å². The molecule has 15 heavy (non-hydrogen) atoms. The van der Waals surface area contributed by atoms with Gasteiger partial charge in [-0.05, 0) is 32.9 Å². The molecule has 0 bridgehead atoms. The van der Waals surface area contributed by atoms with Crippen LogP contribution in [0.25, 0.3) is 0 Å². The molecule has 3 nitrogen and oxygen atoms in total. The van der Waals surface area contributed by atoms with Crippen LogP contribution in [0.1, 0.15) is 32.6 Å². The molecule has 0 N–H and O–H groups in total. The third-order valence-corrected chi connectivity index (χ3v) is 4.15. The standard InChI is InChI=1S/C11H21BN2O/c1-11(4-8-14(12)9-5-11)13-6-2-10(15)3-7-13/h2-9,12H2,1H3. The molecule has 0 aromatic carbocycles. The molecule has 2 fully saturated rings. The summed E-state index contributed by atoms with van der Waals surface area (Å²) < 4.78 is 0. The van der Waals surface area contributed by atoms with Crippen molar-refractivity contribution < 1.29 is 4.79 Å². The van der Waals surface area contributed by atoms with Gasteiger partial charge in [0.1, 0.15) is 5.78 Å². The van der Waals surface area contributed by atoms with Crippen LogP contribution in [0.15, 0.2) is 0 Å². The van der Waals surface area contributed by atoms with Gasteiger partial charge in [0.25, 0.3) is 0 Å². The van der Waals surface area contributed by atoms with Gasteiger partial charge in [0.05, 0.1) is 0 Å². The molecule has 0 atom stereocenters. The van der Waals surface area contributed by atoms with Gasteiger partial charge in [-0.3, -0.25) is 9.69 Å². The van der Waals surface area contributed by atoms with Crippen molar-refractivity contribution in [3.63, 3.8) is 0 Å². The molecule has 0 saturated carbocycles. The first-order valence-corrected chi connectivity index (χ1v) is 6.05. The van der Waals surface area contributed by atoms with E-state index in [2.05, 4.69) is 24.6 Å². The number of carbonyl (C=O) groups is 1. The van der Waals surface area contributed by atoms with Crippen molar-refractivity contribution >= 4 is 13.8 Å². The minimum Gasteiger partial charge on any atom is -0.349 e. The van der Waals surface area contributed by atoms with Crippen molar-refractivity contribution in [1.82, 2.24) is 9.71 Å². The first-order chi connectivity index (χ1) is 7.10. The molecule has 0 amide bonds. The highest BCUT2D eigenvalue weighted by Crippen LogP contribution is 2.29. The average molecular weight is 208 g/mol. The van der Waals surface area contributed by atoms with Gasteiger partial charge in [0.2, 0.25) is 0 Å². The molecular weight excluding hydrogens is 187 g/mol. The lowest BCUT2D eigenvalue weighted by atomic mass is 9.85. The lowest BCUT2D eigenvalue weighted by Crippen LogP contribution is -2.55. The van der Waals surface area contributed by atoms with Crippen LogP contribution in [0.2, 0.25) is 0 Å². The Labute approximate surface area is 93.2 Å². The zero-order valence-electron chi connectivity index (χ0n) is 9.96. The lowest BCUT2D eigenvalue weighted by molar-refractivity contribution is -0.123. The summed E-state index contributed by atoms with van der Waals surface area (Å²) >= 11 is 0. The van der Waals surface area contributed by atoms with Gasteiger partial charge in [-0.15, -0.1) is 0 Å². The molecule has 0 aromatic heterocycles. The van der Waals surface area contributed by atoms with Gasteiger partial charge in [0, 0.05) is 31.5 Å². The van der Waals surface area contributed by atoms with E-state index in [0.717, 1.165) is 25.9 Å². The van der Waals surface area contributed by atoms with E-state index in [1.807, 2.05) is 0 Å². The Morgan fingerprint density at radius 2 is 1.67 bits per heavy atom. The molecule has 2 heterocycles. The molecule has 0 aliphatic carbocycles. The molecular formula is C11H21BN2O. The zero-order valence-corrected chi connectivity index (χ0v) is 9.96. The predicted molar refractivity (Wildman–Crippen MR) is 63.6 cm³/mol. The average Bonchev–Trinajstić information content (AvgIpc) is 2.24. The Bertz CT molecular complexity index is 239. The van der Waals surface area contributed by atoms with E-state index in [1.165, 1.54) is 25.9 Å². The third-order valence-electron chi connectivity index (χ3n) is 4.15. The monoisotopic (exact) mass is 208 g/mol. The second-order valence-corrected chi connectivity index (χ2v) is 5.33. The maximum absolute atomic E-state index is 11.2. The fraction of sp³-hybridized carbons (Fsp3) is 0.909. The number of Topliss-reactive ketones (excluding diaryl/α,β-unsaturated/α-hetero) is 1. The van der Waals surface area contributed by atoms with Gasteiger partial charge in [-0.2, -0.15) is 0 Å². The predicted octanol–water partition coefficient (Wildman–Crippen LogP) is 0.0539. The molecule has 0 unspecified atom stereocenters. The molecule has 4 heteroatoms. The molecule has 2 rings (SSSR count). The van der Waals surface area contributed by atoms with Crippen LogP contribution in [0, 0.1) is 0 Å². The van der Waals surface area contributed by atoms with Crippen LogP contribution in [0.4, 0.5) is 0 Å². The maximum atomic E-state index is 11.2. The van der Waals surface area contributed by atoms with E-state index in [9.17, 15) is 4.79 Å². The van der Waals surface area contributed by atoms with Crippen LogP contribution < -0.4 is 0 Å². The summed E-state index contributed by atoms with van der Waals surface area (Å²) in [5.74, 6) is 0.447. The van der Waals surface area contributed by atoms with Crippen molar-refractivity contribution in [2.45, 2.75) is 38.1 Å². The van der Waals surface area contributed by atoms with Crippen LogP contribution in [-0.4, -0.2) is 55.2 Å². The van der Waals surface area contributed by atoms with E-state index in [4.69, 9.17) is 0 Å². The van der Waals surface area contributed by atoms with E-state index >= 15 is 0 Å². The van der Waals surface area contributed by atoms with Crippen LogP contribution >= 0.6 is 0 Å². The van der Waals surface area contributed by atoms with Gasteiger partial charge in [-0.25, -0.2) is 0 Å². The Kier molecular flexibility index (Phi) is 3.17. The van der Waals surface area contributed by atoms with Crippen molar-refractivity contribution in [2.24, 2.45) is 0 Å². The normalized spacial score (nSPS) is 29.3. The fourth-order valence-corrected chi connectivity index (χ4v) is 2.71. The summed E-state index contributed by atoms with van der Waals surface area (Å²) in [5, 5.41) is 0. The zero-order chi connectivity index (χ0) is 10.9. The van der Waals surface area contributed by atoms with Crippen molar-refractivity contribution in [2.75, 3.05) is 26.2 Å². The summed E-state index contributed by atoms with van der Waals surface area (Å²) in [5.41, 5.74) is 0.354. The Balaban J connectivity index is 1.94. The fourth-order valence-electron chi connectivity index (χ4n) is 2.71. The van der Waals surface area contributed by atoms with Gasteiger partial charge in [-0.1, -0.05) is 0 Å². The molecule has 2 aliphatic heterocycles. The topological polar surface area (TPSA) is 23.6 Å². The minimum absolute atomic E-state index is 0.354. The van der Waals surface area contributed by atoms with E-state index in [-0.39, 0.29) is 0 Å². The SMILES string of the molecule is BN1CCC(C)(N2CCC(=O)CC2)CC1. The quantitative estimate of drug-likeness (QED) is 0.569. The summed E-state index contributed by atoms with van der Waals surface area (Å²) in [4.78, 5) is 16.2. The highest BCUT2D eigenvalue weighted by Gasteiger charge is 2.35. The highest BCUT2D eigenvalue weighted by molar-refractivity contribution is 6.04. The molecule has 0 aromatic rings. The number of rotatable bonds is 1. The third kappa shape index (κ3) is 2.43. The van der Waals surface area contributed by atoms with Crippen molar-refractivity contribution in [3.8, 4) is 0 Å². The summed E-state index contributed by atoms with van der Waals surface area (Å²) in [6, 6.07) is 0. The molecule has 84 valence electrons. The van der Waals surface area contributed by atoms with Gasteiger partial charge >= 0.3 is 0 Å². The maximum Gasteiger partial charge on any atom is 0.185 e. The number of carbonyl (C=O) groups excluding carboxylic acids is 1. The van der Waals surface area contributed by atoms with Crippen LogP contribution in [0.3, 0.4) is 0 Å². The Hall–Kier alpha value is -0.345. The first-order valence-electron chi connectivity index (χ1n) is 6.05. The highest BCUT2D eigenvalue weighted by atomic mass is 16.1. The molecule has 2 saturated heterocycles. The first kappa shape index (κ1) is 11.1. The second kappa shape index (κ2) is 4.26. The number of piperidine rings is 2. The number of hydrogen-bond donors (Lipinski definition) is 0. The van der Waals surface area contributed by atoms with Crippen LogP contribution in [-0.2, 0) is 4.79 Å². The van der Waals surface area contributed by atoms with E-state index in [1.54, 1.807) is 0 Å². The van der Waals surface area contributed by atoms with Crippen LogP contribution in [0.5, 0.6) is 0 Å². The Morgan fingerprint density at radius 1 is 1.13 bits per heavy atom. The van der Waals surface area contributed by atoms with E-state index in [0.29, 0.717) is 11.3 Å². The number of hydrogen-bond acceptors (Lipinski definition) is 3. The van der Waals surface area contributed by atoms with Crippen molar-refractivity contribution in [1.29, 1.82) is 0 Å². The van der Waals surface area contributed by atoms with Gasteiger partial charge < -0.3 is 4.81 Å². The Morgan fingerprint density at radius 3 is 2.20 bits per heavy atom. The minimum atomic E-state index is 0.354.